The molecule has 0 radical (unpaired) electrons. The van der Waals surface area contributed by atoms with E-state index in [1.807, 2.05) is 30.3 Å². The minimum absolute atomic E-state index is 0.166. The van der Waals surface area contributed by atoms with Crippen molar-refractivity contribution in [3.8, 4) is 0 Å². The minimum Gasteiger partial charge on any atom is -0.394 e. The second kappa shape index (κ2) is 12.1. The summed E-state index contributed by atoms with van der Waals surface area (Å²) in [6, 6.07) is 9.56. The van der Waals surface area contributed by atoms with Crippen molar-refractivity contribution in [2.45, 2.75) is 76.2 Å². The zero-order chi connectivity index (χ0) is 26.7. The third-order valence-electron chi connectivity index (χ3n) is 7.62. The summed E-state index contributed by atoms with van der Waals surface area (Å²) in [5.74, 6) is 0.249. The van der Waals surface area contributed by atoms with Gasteiger partial charge in [-0.1, -0.05) is 32.9 Å². The summed E-state index contributed by atoms with van der Waals surface area (Å²) >= 11 is 3.25. The van der Waals surface area contributed by atoms with Crippen LogP contribution in [0.5, 0.6) is 0 Å². The molecule has 0 spiro atoms. The lowest BCUT2D eigenvalue weighted by Crippen LogP contribution is -2.35. The standard InChI is InChI=1S/C28H37F3N2O2S2/c1-4-36-22-11-7-19(8-12-22)23(16-34)32-27(35)24-13-20-15-33(25(17(2)3)26(20)37-24)14-18-5-9-21(10-6-18)28(29,30)31/h7-8,11-13,17-18,21,23,25,34H,4-6,9-10,14-16H2,1-3H3,(H,32,35). The first-order valence-corrected chi connectivity index (χ1v) is 15.0. The molecule has 1 saturated carbocycles. The van der Waals surface area contributed by atoms with Crippen molar-refractivity contribution in [3.63, 3.8) is 0 Å². The summed E-state index contributed by atoms with van der Waals surface area (Å²) in [7, 11) is 0. The van der Waals surface area contributed by atoms with Gasteiger partial charge in [0.05, 0.1) is 23.4 Å². The summed E-state index contributed by atoms with van der Waals surface area (Å²) in [5.41, 5.74) is 2.01. The molecule has 2 unspecified atom stereocenters. The first-order chi connectivity index (χ1) is 17.6. The van der Waals surface area contributed by atoms with Crippen molar-refractivity contribution in [1.82, 2.24) is 10.2 Å². The van der Waals surface area contributed by atoms with E-state index < -0.39 is 18.1 Å². The van der Waals surface area contributed by atoms with Crippen LogP contribution in [0, 0.1) is 17.8 Å². The lowest BCUT2D eigenvalue weighted by Gasteiger charge is -2.35. The second-order valence-corrected chi connectivity index (χ2v) is 13.0. The maximum atomic E-state index is 13.1. The van der Waals surface area contributed by atoms with Crippen LogP contribution in [0.4, 0.5) is 13.2 Å². The number of hydrogen-bond donors (Lipinski definition) is 2. The Balaban J connectivity index is 1.40. The molecule has 1 aliphatic carbocycles. The van der Waals surface area contributed by atoms with Crippen LogP contribution in [0.2, 0.25) is 0 Å². The van der Waals surface area contributed by atoms with Gasteiger partial charge in [0.1, 0.15) is 0 Å². The zero-order valence-electron chi connectivity index (χ0n) is 21.7. The Morgan fingerprint density at radius 3 is 2.43 bits per heavy atom. The zero-order valence-corrected chi connectivity index (χ0v) is 23.3. The third-order valence-corrected chi connectivity index (χ3v) is 9.76. The quantitative estimate of drug-likeness (QED) is 0.322. The Morgan fingerprint density at radius 2 is 1.86 bits per heavy atom. The molecular formula is C28H37F3N2O2S2. The minimum atomic E-state index is -4.08. The van der Waals surface area contributed by atoms with E-state index in [2.05, 4.69) is 31.0 Å². The van der Waals surface area contributed by atoms with Crippen LogP contribution in [0.25, 0.3) is 0 Å². The average Bonchev–Trinajstić information content (AvgIpc) is 3.40. The normalized spacial score (nSPS) is 23.3. The number of aliphatic hydroxyl groups is 1. The van der Waals surface area contributed by atoms with Gasteiger partial charge in [0.2, 0.25) is 0 Å². The van der Waals surface area contributed by atoms with E-state index in [-0.39, 0.29) is 37.3 Å². The molecule has 2 heterocycles. The molecule has 4 rings (SSSR count). The van der Waals surface area contributed by atoms with E-state index in [0.29, 0.717) is 23.6 Å². The largest absolute Gasteiger partial charge is 0.394 e. The maximum absolute atomic E-state index is 13.1. The summed E-state index contributed by atoms with van der Waals surface area (Å²) in [6.07, 6.45) is -2.38. The average molecular weight is 555 g/mol. The van der Waals surface area contributed by atoms with Crippen LogP contribution >= 0.6 is 23.1 Å². The number of amides is 1. The van der Waals surface area contributed by atoms with Gasteiger partial charge < -0.3 is 10.4 Å². The Kier molecular flexibility index (Phi) is 9.30. The van der Waals surface area contributed by atoms with E-state index in [0.717, 1.165) is 34.9 Å². The molecule has 204 valence electrons. The summed E-state index contributed by atoms with van der Waals surface area (Å²) < 4.78 is 39.2. The number of carbonyl (C=O) groups is 1. The van der Waals surface area contributed by atoms with Crippen LogP contribution in [-0.4, -0.2) is 41.0 Å². The molecule has 37 heavy (non-hydrogen) atoms. The first kappa shape index (κ1) is 28.5. The number of hydrogen-bond acceptors (Lipinski definition) is 5. The number of halogens is 3. The van der Waals surface area contributed by atoms with Crippen molar-refractivity contribution < 1.29 is 23.1 Å². The maximum Gasteiger partial charge on any atom is 0.391 e. The molecule has 1 aromatic carbocycles. The predicted molar refractivity (Wildman–Crippen MR) is 144 cm³/mol. The molecule has 2 aliphatic rings. The van der Waals surface area contributed by atoms with Crippen LogP contribution in [0.15, 0.2) is 35.2 Å². The molecule has 1 aliphatic heterocycles. The van der Waals surface area contributed by atoms with Crippen molar-refractivity contribution in [3.05, 3.63) is 51.2 Å². The Morgan fingerprint density at radius 1 is 1.19 bits per heavy atom. The molecule has 1 aromatic heterocycles. The molecule has 1 amide bonds. The topological polar surface area (TPSA) is 52.6 Å². The third kappa shape index (κ3) is 6.72. The monoisotopic (exact) mass is 554 g/mol. The number of benzene rings is 1. The molecule has 2 atom stereocenters. The van der Waals surface area contributed by atoms with Gasteiger partial charge in [-0.15, -0.1) is 23.1 Å². The first-order valence-electron chi connectivity index (χ1n) is 13.2. The predicted octanol–water partition coefficient (Wildman–Crippen LogP) is 7.20. The van der Waals surface area contributed by atoms with E-state index in [1.54, 1.807) is 11.8 Å². The van der Waals surface area contributed by atoms with Crippen molar-refractivity contribution in [2.24, 2.45) is 17.8 Å². The van der Waals surface area contributed by atoms with Crippen molar-refractivity contribution >= 4 is 29.0 Å². The lowest BCUT2D eigenvalue weighted by molar-refractivity contribution is -0.184. The van der Waals surface area contributed by atoms with E-state index >= 15 is 0 Å². The second-order valence-electron chi connectivity index (χ2n) is 10.6. The Bertz CT molecular complexity index is 1050. The number of aliphatic hydroxyl groups excluding tert-OH is 1. The summed E-state index contributed by atoms with van der Waals surface area (Å²) in [5, 5.41) is 12.9. The van der Waals surface area contributed by atoms with Gasteiger partial charge in [0.25, 0.3) is 5.91 Å². The van der Waals surface area contributed by atoms with E-state index in [9.17, 15) is 23.1 Å². The summed E-state index contributed by atoms with van der Waals surface area (Å²) in [6.45, 7) is 7.76. The summed E-state index contributed by atoms with van der Waals surface area (Å²) in [4.78, 5) is 18.5. The SMILES string of the molecule is CCSc1ccc(C(CO)NC(=O)c2cc3c(s2)C(C(C)C)N(CC2CCC(C(F)(F)F)CC2)C3)cc1. The molecular weight excluding hydrogens is 517 g/mol. The fraction of sp³-hybridized carbons (Fsp3) is 0.607. The van der Waals surface area contributed by atoms with Gasteiger partial charge in [-0.2, -0.15) is 13.2 Å². The van der Waals surface area contributed by atoms with Crippen LogP contribution < -0.4 is 5.32 Å². The molecule has 9 heteroatoms. The van der Waals surface area contributed by atoms with Gasteiger partial charge in [0.15, 0.2) is 0 Å². The van der Waals surface area contributed by atoms with Crippen molar-refractivity contribution in [2.75, 3.05) is 18.9 Å². The lowest BCUT2D eigenvalue weighted by atomic mass is 9.81. The number of carbonyl (C=O) groups excluding carboxylic acids is 1. The highest BCUT2D eigenvalue weighted by molar-refractivity contribution is 7.99. The Hall–Kier alpha value is -1.55. The number of thiophene rings is 1. The number of nitrogens with one attached hydrogen (secondary N) is 1. The van der Waals surface area contributed by atoms with Gasteiger partial charge in [-0.05, 0) is 72.6 Å². The van der Waals surface area contributed by atoms with Crippen LogP contribution in [0.3, 0.4) is 0 Å². The van der Waals surface area contributed by atoms with E-state index in [4.69, 9.17) is 0 Å². The van der Waals surface area contributed by atoms with E-state index in [1.165, 1.54) is 16.2 Å². The Labute approximate surface area is 226 Å². The van der Waals surface area contributed by atoms with Gasteiger partial charge in [-0.25, -0.2) is 0 Å². The molecule has 2 N–H and O–H groups in total. The number of thioether (sulfide) groups is 1. The van der Waals surface area contributed by atoms with Gasteiger partial charge in [0, 0.05) is 28.9 Å². The molecule has 0 saturated heterocycles. The molecule has 4 nitrogen and oxygen atoms in total. The molecule has 0 bridgehead atoms. The van der Waals surface area contributed by atoms with Crippen LogP contribution in [-0.2, 0) is 6.54 Å². The number of fused-ring (bicyclic) bond motifs is 1. The highest BCUT2D eigenvalue weighted by atomic mass is 32.2. The highest BCUT2D eigenvalue weighted by Crippen LogP contribution is 2.46. The van der Waals surface area contributed by atoms with Crippen molar-refractivity contribution in [1.29, 1.82) is 0 Å². The van der Waals surface area contributed by atoms with Crippen LogP contribution in [0.1, 0.15) is 84.2 Å². The fourth-order valence-electron chi connectivity index (χ4n) is 5.74. The number of rotatable bonds is 9. The van der Waals surface area contributed by atoms with Gasteiger partial charge in [-0.3, -0.25) is 9.69 Å². The molecule has 1 fully saturated rings. The smallest absolute Gasteiger partial charge is 0.391 e. The highest BCUT2D eigenvalue weighted by Gasteiger charge is 2.43. The number of nitrogens with zero attached hydrogens (tertiary/aromatic N) is 1. The number of alkyl halides is 3. The van der Waals surface area contributed by atoms with Gasteiger partial charge >= 0.3 is 6.18 Å². The fourth-order valence-corrected chi connectivity index (χ4v) is 7.79. The molecule has 2 aromatic rings.